The van der Waals surface area contributed by atoms with Crippen LogP contribution < -0.4 is 5.32 Å². The summed E-state index contributed by atoms with van der Waals surface area (Å²) in [6, 6.07) is 4.40. The number of hydrogen-bond acceptors (Lipinski definition) is 3. The van der Waals surface area contributed by atoms with Crippen molar-refractivity contribution in [3.8, 4) is 5.75 Å². The van der Waals surface area contributed by atoms with E-state index in [-0.39, 0.29) is 5.75 Å². The standard InChI is InChI=1S/C11H14FNOS/c12-10-5-9(1-2-11(10)14)13-6-8-3-4-15-7-8/h1-2,5,8,13-14H,3-4,6-7H2. The fourth-order valence-corrected chi connectivity index (χ4v) is 2.91. The highest BCUT2D eigenvalue weighted by atomic mass is 32.2. The molecule has 82 valence electrons. The molecular formula is C11H14FNOS. The van der Waals surface area contributed by atoms with Crippen LogP contribution in [0.4, 0.5) is 10.1 Å². The van der Waals surface area contributed by atoms with E-state index in [2.05, 4.69) is 5.32 Å². The summed E-state index contributed by atoms with van der Waals surface area (Å²) in [6.45, 7) is 0.886. The predicted molar refractivity (Wildman–Crippen MR) is 62.0 cm³/mol. The fraction of sp³-hybridized carbons (Fsp3) is 0.455. The maximum absolute atomic E-state index is 13.0. The van der Waals surface area contributed by atoms with Crippen LogP contribution in [0.1, 0.15) is 6.42 Å². The number of aromatic hydroxyl groups is 1. The Balaban J connectivity index is 1.90. The number of phenolic OH excluding ortho intramolecular Hbond substituents is 1. The Morgan fingerprint density at radius 2 is 2.40 bits per heavy atom. The van der Waals surface area contributed by atoms with Gasteiger partial charge in [0.25, 0.3) is 0 Å². The highest BCUT2D eigenvalue weighted by Crippen LogP contribution is 2.24. The molecule has 1 aromatic rings. The highest BCUT2D eigenvalue weighted by molar-refractivity contribution is 7.99. The van der Waals surface area contributed by atoms with Crippen LogP contribution in [-0.2, 0) is 0 Å². The van der Waals surface area contributed by atoms with Crippen LogP contribution in [0.15, 0.2) is 18.2 Å². The topological polar surface area (TPSA) is 32.3 Å². The van der Waals surface area contributed by atoms with Crippen LogP contribution in [0.2, 0.25) is 0 Å². The Bertz CT molecular complexity index is 339. The zero-order valence-electron chi connectivity index (χ0n) is 8.37. The minimum atomic E-state index is -0.569. The maximum Gasteiger partial charge on any atom is 0.166 e. The average molecular weight is 227 g/mol. The van der Waals surface area contributed by atoms with Gasteiger partial charge in [-0.15, -0.1) is 0 Å². The summed E-state index contributed by atoms with van der Waals surface area (Å²) >= 11 is 1.97. The van der Waals surface area contributed by atoms with Crippen molar-refractivity contribution in [2.75, 3.05) is 23.4 Å². The SMILES string of the molecule is Oc1ccc(NCC2CCSC2)cc1F. The van der Waals surface area contributed by atoms with Crippen LogP contribution >= 0.6 is 11.8 Å². The molecule has 1 aliphatic heterocycles. The summed E-state index contributed by atoms with van der Waals surface area (Å²) < 4.78 is 13.0. The molecule has 2 rings (SSSR count). The van der Waals surface area contributed by atoms with E-state index in [0.717, 1.165) is 12.2 Å². The lowest BCUT2D eigenvalue weighted by Gasteiger charge is -2.11. The van der Waals surface area contributed by atoms with Gasteiger partial charge in [-0.2, -0.15) is 11.8 Å². The molecule has 0 radical (unpaired) electrons. The van der Waals surface area contributed by atoms with Crippen LogP contribution in [-0.4, -0.2) is 23.2 Å². The summed E-state index contributed by atoms with van der Waals surface area (Å²) in [5, 5.41) is 12.2. The van der Waals surface area contributed by atoms with Gasteiger partial charge >= 0.3 is 0 Å². The Kier molecular flexibility index (Phi) is 3.36. The molecule has 1 saturated heterocycles. The first kappa shape index (κ1) is 10.6. The lowest BCUT2D eigenvalue weighted by molar-refractivity contribution is 0.432. The first-order chi connectivity index (χ1) is 7.25. The van der Waals surface area contributed by atoms with Crippen molar-refractivity contribution in [3.05, 3.63) is 24.0 Å². The van der Waals surface area contributed by atoms with Crippen molar-refractivity contribution < 1.29 is 9.50 Å². The van der Waals surface area contributed by atoms with Gasteiger partial charge in [-0.1, -0.05) is 0 Å². The van der Waals surface area contributed by atoms with E-state index in [0.29, 0.717) is 5.92 Å². The number of hydrogen-bond donors (Lipinski definition) is 2. The molecule has 1 aromatic carbocycles. The summed E-state index contributed by atoms with van der Waals surface area (Å²) in [4.78, 5) is 0. The quantitative estimate of drug-likeness (QED) is 0.779. The van der Waals surface area contributed by atoms with Crippen molar-refractivity contribution in [2.24, 2.45) is 5.92 Å². The molecule has 0 spiro atoms. The molecule has 0 saturated carbocycles. The smallest absolute Gasteiger partial charge is 0.166 e. The first-order valence-electron chi connectivity index (χ1n) is 5.06. The fourth-order valence-electron chi connectivity index (χ4n) is 1.62. The van der Waals surface area contributed by atoms with E-state index in [1.807, 2.05) is 11.8 Å². The second-order valence-corrected chi connectivity index (χ2v) is 4.93. The van der Waals surface area contributed by atoms with E-state index in [9.17, 15) is 4.39 Å². The van der Waals surface area contributed by atoms with Crippen molar-refractivity contribution in [2.45, 2.75) is 6.42 Å². The Hall–Kier alpha value is -0.900. The minimum Gasteiger partial charge on any atom is -0.505 e. The third-order valence-electron chi connectivity index (χ3n) is 2.57. The Labute approximate surface area is 92.9 Å². The lowest BCUT2D eigenvalue weighted by atomic mass is 10.1. The molecule has 1 atom stereocenters. The third-order valence-corrected chi connectivity index (χ3v) is 3.80. The highest BCUT2D eigenvalue weighted by Gasteiger charge is 2.14. The molecule has 1 aliphatic rings. The second kappa shape index (κ2) is 4.75. The Morgan fingerprint density at radius 1 is 1.53 bits per heavy atom. The summed E-state index contributed by atoms with van der Waals surface area (Å²) in [5.74, 6) is 2.24. The minimum absolute atomic E-state index is 0.294. The molecule has 0 aromatic heterocycles. The van der Waals surface area contributed by atoms with E-state index in [4.69, 9.17) is 5.11 Å². The summed E-state index contributed by atoms with van der Waals surface area (Å²) in [7, 11) is 0. The largest absolute Gasteiger partial charge is 0.505 e. The summed E-state index contributed by atoms with van der Waals surface area (Å²) in [6.07, 6.45) is 1.23. The number of benzene rings is 1. The number of halogens is 1. The van der Waals surface area contributed by atoms with Gasteiger partial charge < -0.3 is 10.4 Å². The summed E-state index contributed by atoms with van der Waals surface area (Å²) in [5.41, 5.74) is 0.738. The van der Waals surface area contributed by atoms with Crippen LogP contribution in [0.3, 0.4) is 0 Å². The molecular weight excluding hydrogens is 213 g/mol. The van der Waals surface area contributed by atoms with Crippen LogP contribution in [0, 0.1) is 11.7 Å². The molecule has 1 unspecified atom stereocenters. The van der Waals surface area contributed by atoms with Crippen molar-refractivity contribution in [1.29, 1.82) is 0 Å². The van der Waals surface area contributed by atoms with Gasteiger partial charge in [-0.3, -0.25) is 0 Å². The van der Waals surface area contributed by atoms with Gasteiger partial charge in [0.15, 0.2) is 11.6 Å². The van der Waals surface area contributed by atoms with Crippen molar-refractivity contribution in [3.63, 3.8) is 0 Å². The van der Waals surface area contributed by atoms with E-state index in [1.165, 1.54) is 30.1 Å². The monoisotopic (exact) mass is 227 g/mol. The van der Waals surface area contributed by atoms with E-state index >= 15 is 0 Å². The van der Waals surface area contributed by atoms with Gasteiger partial charge in [0.05, 0.1) is 0 Å². The molecule has 15 heavy (non-hydrogen) atoms. The molecule has 1 heterocycles. The molecule has 4 heteroatoms. The van der Waals surface area contributed by atoms with E-state index in [1.54, 1.807) is 6.07 Å². The third kappa shape index (κ3) is 2.78. The second-order valence-electron chi connectivity index (χ2n) is 3.78. The van der Waals surface area contributed by atoms with Crippen LogP contribution in [0.25, 0.3) is 0 Å². The molecule has 0 aliphatic carbocycles. The molecule has 0 amide bonds. The average Bonchev–Trinajstić information content (AvgIpc) is 2.73. The molecule has 0 bridgehead atoms. The predicted octanol–water partition coefficient (Wildman–Crippen LogP) is 2.70. The number of thioether (sulfide) groups is 1. The zero-order valence-corrected chi connectivity index (χ0v) is 9.19. The Morgan fingerprint density at radius 3 is 3.07 bits per heavy atom. The van der Waals surface area contributed by atoms with Gasteiger partial charge in [-0.05, 0) is 36.0 Å². The lowest BCUT2D eigenvalue weighted by Crippen LogP contribution is -2.13. The van der Waals surface area contributed by atoms with E-state index < -0.39 is 5.82 Å². The number of phenols is 1. The van der Waals surface area contributed by atoms with Crippen LogP contribution in [0.5, 0.6) is 5.75 Å². The maximum atomic E-state index is 13.0. The number of anilines is 1. The van der Waals surface area contributed by atoms with Gasteiger partial charge in [0, 0.05) is 18.3 Å². The van der Waals surface area contributed by atoms with Crippen molar-refractivity contribution in [1.82, 2.24) is 0 Å². The molecule has 2 nitrogen and oxygen atoms in total. The van der Waals surface area contributed by atoms with Crippen molar-refractivity contribution >= 4 is 17.4 Å². The van der Waals surface area contributed by atoms with Gasteiger partial charge in [-0.25, -0.2) is 4.39 Å². The molecule has 2 N–H and O–H groups in total. The molecule has 1 fully saturated rings. The van der Waals surface area contributed by atoms with Gasteiger partial charge in [0.2, 0.25) is 0 Å². The zero-order chi connectivity index (χ0) is 10.7. The number of rotatable bonds is 3. The van der Waals surface area contributed by atoms with Gasteiger partial charge in [0.1, 0.15) is 0 Å². The first-order valence-corrected chi connectivity index (χ1v) is 6.21. The number of nitrogens with one attached hydrogen (secondary N) is 1. The normalized spacial score (nSPS) is 20.5.